The molecule has 1 aliphatic carbocycles. The molecule has 1 fully saturated rings. The predicted octanol–water partition coefficient (Wildman–Crippen LogP) is 4.31. The van der Waals surface area contributed by atoms with Gasteiger partial charge in [-0.05, 0) is 37.2 Å². The maximum Gasteiger partial charge on any atom is 0.404 e. The van der Waals surface area contributed by atoms with Crippen molar-refractivity contribution in [2.75, 3.05) is 0 Å². The zero-order valence-corrected chi connectivity index (χ0v) is 17.7. The third-order valence-electron chi connectivity index (χ3n) is 5.66. The maximum atomic E-state index is 11.5. The van der Waals surface area contributed by atoms with Gasteiger partial charge in [-0.25, -0.2) is 9.78 Å². The Bertz CT molecular complexity index is 951. The van der Waals surface area contributed by atoms with E-state index in [4.69, 9.17) is 15.5 Å². The molecule has 146 valence electrons. The third-order valence-corrected chi connectivity index (χ3v) is 6.42. The number of hydrogen-bond acceptors (Lipinski definition) is 4. The van der Waals surface area contributed by atoms with Crippen LogP contribution in [0.4, 0.5) is 4.79 Å². The van der Waals surface area contributed by atoms with E-state index in [2.05, 4.69) is 44.1 Å². The van der Waals surface area contributed by atoms with Crippen molar-refractivity contribution in [1.82, 2.24) is 14.4 Å². The highest BCUT2D eigenvalue weighted by Gasteiger charge is 2.32. The number of carbonyl (C=O) groups excluding carboxylic acids is 1. The molecule has 0 spiro atoms. The van der Waals surface area contributed by atoms with Crippen LogP contribution in [0.2, 0.25) is 0 Å². The third kappa shape index (κ3) is 4.14. The molecule has 1 unspecified atom stereocenters. The van der Waals surface area contributed by atoms with E-state index in [0.717, 1.165) is 46.3 Å². The standard InChI is InChI=1S/C21H23IN4O2/c22-20-25-19(17-13-24-10-11-26(17)20)16-8-6-15(7-9-16)18(28-21(23)27)12-14-4-2-1-3-5-14/h1-5,10-11,13,15-16,18H,6-9,12H2,(H2,23,27). The number of aromatic nitrogens is 3. The van der Waals surface area contributed by atoms with Crippen molar-refractivity contribution in [3.05, 3.63) is 64.0 Å². The number of amides is 1. The van der Waals surface area contributed by atoms with Gasteiger partial charge in [0.15, 0.2) is 3.83 Å². The molecule has 0 radical (unpaired) electrons. The first-order chi connectivity index (χ1) is 13.6. The van der Waals surface area contributed by atoms with E-state index in [1.807, 2.05) is 30.6 Å². The SMILES string of the molecule is NC(=O)OC(Cc1ccccc1)C1CCC(c2nc(I)n3ccncc23)CC1. The molecular weight excluding hydrogens is 467 g/mol. The fourth-order valence-corrected chi connectivity index (χ4v) is 4.97. The molecule has 2 heterocycles. The summed E-state index contributed by atoms with van der Waals surface area (Å²) >= 11 is 2.27. The Kier molecular flexibility index (Phi) is 5.79. The van der Waals surface area contributed by atoms with Crippen LogP contribution in [0.15, 0.2) is 48.9 Å². The zero-order valence-electron chi connectivity index (χ0n) is 15.5. The summed E-state index contributed by atoms with van der Waals surface area (Å²) in [7, 11) is 0. The van der Waals surface area contributed by atoms with Crippen molar-refractivity contribution in [3.8, 4) is 0 Å². The molecule has 6 nitrogen and oxygen atoms in total. The summed E-state index contributed by atoms with van der Waals surface area (Å²) < 4.78 is 8.57. The first-order valence-electron chi connectivity index (χ1n) is 9.59. The van der Waals surface area contributed by atoms with Crippen LogP contribution >= 0.6 is 22.6 Å². The van der Waals surface area contributed by atoms with Gasteiger partial charge in [-0.15, -0.1) is 0 Å². The molecule has 0 bridgehead atoms. The lowest BCUT2D eigenvalue weighted by Crippen LogP contribution is -2.33. The number of primary amides is 1. The molecule has 2 aromatic heterocycles. The highest BCUT2D eigenvalue weighted by Crippen LogP contribution is 2.39. The molecule has 7 heteroatoms. The number of ether oxygens (including phenoxy) is 1. The summed E-state index contributed by atoms with van der Waals surface area (Å²) in [5.41, 5.74) is 8.74. The van der Waals surface area contributed by atoms with Crippen molar-refractivity contribution < 1.29 is 9.53 Å². The van der Waals surface area contributed by atoms with Gasteiger partial charge in [-0.3, -0.25) is 9.38 Å². The molecule has 1 atom stereocenters. The van der Waals surface area contributed by atoms with E-state index in [0.29, 0.717) is 18.3 Å². The van der Waals surface area contributed by atoms with Crippen molar-refractivity contribution in [2.24, 2.45) is 11.7 Å². The lowest BCUT2D eigenvalue weighted by atomic mass is 9.77. The summed E-state index contributed by atoms with van der Waals surface area (Å²) in [6.45, 7) is 0. The van der Waals surface area contributed by atoms with Crippen molar-refractivity contribution in [1.29, 1.82) is 0 Å². The molecule has 4 rings (SSSR count). The minimum absolute atomic E-state index is 0.179. The Morgan fingerprint density at radius 3 is 2.71 bits per heavy atom. The average molecular weight is 490 g/mol. The van der Waals surface area contributed by atoms with Crippen LogP contribution in [-0.4, -0.2) is 26.6 Å². The second kappa shape index (κ2) is 8.46. The molecule has 3 aromatic rings. The van der Waals surface area contributed by atoms with Crippen LogP contribution in [0.1, 0.15) is 42.9 Å². The molecule has 28 heavy (non-hydrogen) atoms. The van der Waals surface area contributed by atoms with Gasteiger partial charge in [0.1, 0.15) is 6.10 Å². The Hall–Kier alpha value is -2.16. The number of benzene rings is 1. The first-order valence-corrected chi connectivity index (χ1v) is 10.7. The average Bonchev–Trinajstić information content (AvgIpc) is 3.05. The highest BCUT2D eigenvalue weighted by molar-refractivity contribution is 14.1. The molecule has 0 aliphatic heterocycles. The van der Waals surface area contributed by atoms with Gasteiger partial charge >= 0.3 is 6.09 Å². The van der Waals surface area contributed by atoms with Crippen molar-refractivity contribution in [2.45, 2.75) is 44.1 Å². The summed E-state index contributed by atoms with van der Waals surface area (Å²) in [5.74, 6) is 0.722. The quantitative estimate of drug-likeness (QED) is 0.541. The summed E-state index contributed by atoms with van der Waals surface area (Å²) in [4.78, 5) is 20.5. The van der Waals surface area contributed by atoms with Gasteiger partial charge in [-0.1, -0.05) is 30.3 Å². The molecule has 1 aromatic carbocycles. The number of carbonyl (C=O) groups is 1. The second-order valence-corrected chi connectivity index (χ2v) is 8.34. The van der Waals surface area contributed by atoms with Gasteiger partial charge in [0.05, 0.1) is 17.4 Å². The minimum Gasteiger partial charge on any atom is -0.446 e. The zero-order chi connectivity index (χ0) is 19.5. The summed E-state index contributed by atoms with van der Waals surface area (Å²) in [6.07, 6.45) is 9.49. The summed E-state index contributed by atoms with van der Waals surface area (Å²) in [5, 5.41) is 0. The van der Waals surface area contributed by atoms with Gasteiger partial charge in [0.25, 0.3) is 0 Å². The van der Waals surface area contributed by atoms with E-state index < -0.39 is 6.09 Å². The van der Waals surface area contributed by atoms with E-state index in [9.17, 15) is 4.79 Å². The Labute approximate surface area is 177 Å². The normalized spacial score (nSPS) is 20.8. The number of imidazole rings is 1. The lowest BCUT2D eigenvalue weighted by Gasteiger charge is -2.33. The van der Waals surface area contributed by atoms with Crippen molar-refractivity contribution in [3.63, 3.8) is 0 Å². The predicted molar refractivity (Wildman–Crippen MR) is 115 cm³/mol. The van der Waals surface area contributed by atoms with Gasteiger partial charge < -0.3 is 10.5 Å². The lowest BCUT2D eigenvalue weighted by molar-refractivity contribution is 0.0519. The van der Waals surface area contributed by atoms with E-state index in [1.165, 1.54) is 0 Å². The summed E-state index contributed by atoms with van der Waals surface area (Å²) in [6, 6.07) is 10.1. The first kappa shape index (κ1) is 19.2. The Morgan fingerprint density at radius 1 is 1.25 bits per heavy atom. The molecule has 1 aliphatic rings. The number of rotatable bonds is 5. The van der Waals surface area contributed by atoms with Gasteiger partial charge in [0.2, 0.25) is 0 Å². The van der Waals surface area contributed by atoms with Gasteiger partial charge in [0, 0.05) is 47.3 Å². The largest absolute Gasteiger partial charge is 0.446 e. The van der Waals surface area contributed by atoms with Crippen LogP contribution in [0.5, 0.6) is 0 Å². The van der Waals surface area contributed by atoms with Crippen LogP contribution in [0.25, 0.3) is 5.52 Å². The fraction of sp³-hybridized carbons (Fsp3) is 0.381. The molecular formula is C21H23IN4O2. The number of nitrogens with zero attached hydrogens (tertiary/aromatic N) is 3. The topological polar surface area (TPSA) is 82.5 Å². The number of halogens is 1. The van der Waals surface area contributed by atoms with E-state index in [-0.39, 0.29) is 6.10 Å². The minimum atomic E-state index is -0.691. The molecule has 1 amide bonds. The van der Waals surface area contributed by atoms with Crippen LogP contribution in [0, 0.1) is 9.75 Å². The van der Waals surface area contributed by atoms with Crippen LogP contribution in [-0.2, 0) is 11.2 Å². The fourth-order valence-electron chi connectivity index (χ4n) is 4.29. The van der Waals surface area contributed by atoms with Crippen LogP contribution in [0.3, 0.4) is 0 Å². The van der Waals surface area contributed by atoms with E-state index >= 15 is 0 Å². The molecule has 1 saturated carbocycles. The monoisotopic (exact) mass is 490 g/mol. The highest BCUT2D eigenvalue weighted by atomic mass is 127. The van der Waals surface area contributed by atoms with Crippen molar-refractivity contribution >= 4 is 34.2 Å². The number of fused-ring (bicyclic) bond motifs is 1. The molecule has 2 N–H and O–H groups in total. The smallest absolute Gasteiger partial charge is 0.404 e. The number of nitrogens with two attached hydrogens (primary N) is 1. The maximum absolute atomic E-state index is 11.5. The number of hydrogen-bond donors (Lipinski definition) is 1. The molecule has 0 saturated heterocycles. The van der Waals surface area contributed by atoms with E-state index in [1.54, 1.807) is 6.20 Å². The van der Waals surface area contributed by atoms with Crippen LogP contribution < -0.4 is 5.73 Å². The van der Waals surface area contributed by atoms with Gasteiger partial charge in [-0.2, -0.15) is 0 Å². The Balaban J connectivity index is 1.47. The second-order valence-electron chi connectivity index (χ2n) is 7.37. The Morgan fingerprint density at radius 2 is 2.00 bits per heavy atom.